The summed E-state index contributed by atoms with van der Waals surface area (Å²) < 4.78 is 13.1. The van der Waals surface area contributed by atoms with Crippen molar-refractivity contribution in [1.82, 2.24) is 5.01 Å². The van der Waals surface area contributed by atoms with Crippen LogP contribution in [0.3, 0.4) is 0 Å². The van der Waals surface area contributed by atoms with Gasteiger partial charge in [-0.1, -0.05) is 42.5 Å². The van der Waals surface area contributed by atoms with Crippen LogP contribution in [0.15, 0.2) is 59.7 Å². The average Bonchev–Trinajstić information content (AvgIpc) is 2.92. The van der Waals surface area contributed by atoms with Crippen LogP contribution in [-0.2, 0) is 0 Å². The Morgan fingerprint density at radius 3 is 2.50 bits per heavy atom. The molecule has 3 rings (SSSR count). The van der Waals surface area contributed by atoms with Crippen molar-refractivity contribution in [3.05, 3.63) is 71.5 Å². The van der Waals surface area contributed by atoms with E-state index in [9.17, 15) is 9.65 Å². The maximum absolute atomic E-state index is 13.1. The minimum atomic E-state index is -0.525. The second kappa shape index (κ2) is 5.98. The van der Waals surface area contributed by atoms with E-state index in [1.54, 1.807) is 12.1 Å². The van der Waals surface area contributed by atoms with E-state index < -0.39 is 6.04 Å². The van der Waals surface area contributed by atoms with Gasteiger partial charge in [-0.3, -0.25) is 5.01 Å². The van der Waals surface area contributed by atoms with E-state index >= 15 is 0 Å². The highest BCUT2D eigenvalue weighted by Crippen LogP contribution is 2.37. The molecule has 1 aliphatic heterocycles. The smallest absolute Gasteiger partial charge is 0.159 e. The molecule has 4 heteroatoms. The second-order valence-electron chi connectivity index (χ2n) is 5.43. The maximum atomic E-state index is 13.1. The van der Waals surface area contributed by atoms with Gasteiger partial charge in [0.05, 0.1) is 12.1 Å². The van der Waals surface area contributed by atoms with Gasteiger partial charge in [0.2, 0.25) is 0 Å². The molecule has 2 aromatic rings. The third-order valence-electron chi connectivity index (χ3n) is 3.85. The Bertz CT molecular complexity index is 716. The van der Waals surface area contributed by atoms with Gasteiger partial charge in [0, 0.05) is 12.1 Å². The Morgan fingerprint density at radius 2 is 1.86 bits per heavy atom. The molecule has 0 saturated heterocycles. The number of hydrogen-bond donors (Lipinski definition) is 0. The molecule has 0 radical (unpaired) electrons. The molecule has 22 heavy (non-hydrogen) atoms. The fraction of sp³-hybridized carbons (Fsp3) is 0.222. The van der Waals surface area contributed by atoms with Crippen molar-refractivity contribution in [3.8, 4) is 6.07 Å². The predicted octanol–water partition coefficient (Wildman–Crippen LogP) is 4.21. The van der Waals surface area contributed by atoms with Gasteiger partial charge in [0.1, 0.15) is 5.82 Å². The highest BCUT2D eigenvalue weighted by molar-refractivity contribution is 5.84. The van der Waals surface area contributed by atoms with E-state index in [1.165, 1.54) is 12.1 Å². The van der Waals surface area contributed by atoms with E-state index in [-0.39, 0.29) is 11.9 Å². The van der Waals surface area contributed by atoms with Gasteiger partial charge in [-0.25, -0.2) is 4.39 Å². The summed E-state index contributed by atoms with van der Waals surface area (Å²) in [7, 11) is 0. The third kappa shape index (κ3) is 2.71. The van der Waals surface area contributed by atoms with Crippen LogP contribution in [-0.4, -0.2) is 10.7 Å². The van der Waals surface area contributed by atoms with Crippen LogP contribution in [0.2, 0.25) is 0 Å². The van der Waals surface area contributed by atoms with Crippen molar-refractivity contribution in [3.63, 3.8) is 0 Å². The Morgan fingerprint density at radius 1 is 1.18 bits per heavy atom. The second-order valence-corrected chi connectivity index (χ2v) is 5.43. The highest BCUT2D eigenvalue weighted by Gasteiger charge is 2.32. The summed E-state index contributed by atoms with van der Waals surface area (Å²) in [5.41, 5.74) is 2.88. The SMILES string of the molecule is CC1=NN([C@H](C#N)c2ccc(F)cc2)[C@@H](c2ccccc2)C1. The van der Waals surface area contributed by atoms with E-state index in [0.717, 1.165) is 23.3 Å². The van der Waals surface area contributed by atoms with Crippen LogP contribution in [0.4, 0.5) is 4.39 Å². The van der Waals surface area contributed by atoms with E-state index in [1.807, 2.05) is 42.3 Å². The molecule has 0 saturated carbocycles. The van der Waals surface area contributed by atoms with Crippen LogP contribution >= 0.6 is 0 Å². The molecule has 2 aromatic carbocycles. The lowest BCUT2D eigenvalue weighted by molar-refractivity contribution is 0.196. The Kier molecular flexibility index (Phi) is 3.88. The van der Waals surface area contributed by atoms with Crippen molar-refractivity contribution in [2.24, 2.45) is 5.10 Å². The van der Waals surface area contributed by atoms with Crippen LogP contribution < -0.4 is 0 Å². The van der Waals surface area contributed by atoms with Gasteiger partial charge in [-0.05, 0) is 30.2 Å². The summed E-state index contributed by atoms with van der Waals surface area (Å²) in [6.45, 7) is 1.97. The first-order chi connectivity index (χ1) is 10.7. The van der Waals surface area contributed by atoms with Gasteiger partial charge in [0.15, 0.2) is 6.04 Å². The molecule has 0 amide bonds. The highest BCUT2D eigenvalue weighted by atomic mass is 19.1. The molecular weight excluding hydrogens is 277 g/mol. The number of nitriles is 1. The first-order valence-corrected chi connectivity index (χ1v) is 7.21. The summed E-state index contributed by atoms with van der Waals surface area (Å²) >= 11 is 0. The van der Waals surface area contributed by atoms with Gasteiger partial charge in [0.25, 0.3) is 0 Å². The zero-order valence-corrected chi connectivity index (χ0v) is 12.3. The van der Waals surface area contributed by atoms with Crippen molar-refractivity contribution >= 4 is 5.71 Å². The van der Waals surface area contributed by atoms with Crippen molar-refractivity contribution in [2.75, 3.05) is 0 Å². The minimum absolute atomic E-state index is 0.0379. The third-order valence-corrected chi connectivity index (χ3v) is 3.85. The van der Waals surface area contributed by atoms with Gasteiger partial charge in [-0.2, -0.15) is 10.4 Å². The molecule has 3 nitrogen and oxygen atoms in total. The first kappa shape index (κ1) is 14.3. The quantitative estimate of drug-likeness (QED) is 0.850. The molecule has 0 bridgehead atoms. The molecule has 0 unspecified atom stereocenters. The van der Waals surface area contributed by atoms with E-state index in [0.29, 0.717) is 0 Å². The lowest BCUT2D eigenvalue weighted by Gasteiger charge is -2.28. The van der Waals surface area contributed by atoms with E-state index in [4.69, 9.17) is 0 Å². The predicted molar refractivity (Wildman–Crippen MR) is 83.5 cm³/mol. The van der Waals surface area contributed by atoms with Crippen molar-refractivity contribution < 1.29 is 4.39 Å². The van der Waals surface area contributed by atoms with Gasteiger partial charge >= 0.3 is 0 Å². The topological polar surface area (TPSA) is 39.4 Å². The standard InChI is InChI=1S/C18H16FN3/c1-13-11-17(14-5-3-2-4-6-14)22(21-13)18(12-20)15-7-9-16(19)10-8-15/h2-10,17-18H,11H2,1H3/t17-,18-/m1/s1. The average molecular weight is 293 g/mol. The van der Waals surface area contributed by atoms with Gasteiger partial charge < -0.3 is 0 Å². The van der Waals surface area contributed by atoms with Crippen LogP contribution in [0.5, 0.6) is 0 Å². The van der Waals surface area contributed by atoms with Crippen molar-refractivity contribution in [2.45, 2.75) is 25.4 Å². The van der Waals surface area contributed by atoms with Crippen LogP contribution in [0.1, 0.15) is 36.6 Å². The number of halogens is 1. The molecule has 1 aliphatic rings. The molecule has 0 aliphatic carbocycles. The first-order valence-electron chi connectivity index (χ1n) is 7.21. The number of hydrazone groups is 1. The largest absolute Gasteiger partial charge is 0.267 e. The number of hydrogen-bond acceptors (Lipinski definition) is 3. The van der Waals surface area contributed by atoms with Crippen molar-refractivity contribution in [1.29, 1.82) is 5.26 Å². The molecule has 0 N–H and O–H groups in total. The fourth-order valence-electron chi connectivity index (χ4n) is 2.80. The summed E-state index contributed by atoms with van der Waals surface area (Å²) in [6.07, 6.45) is 0.795. The van der Waals surface area contributed by atoms with Gasteiger partial charge in [-0.15, -0.1) is 0 Å². The molecule has 2 atom stereocenters. The normalized spacial score (nSPS) is 18.7. The summed E-state index contributed by atoms with van der Waals surface area (Å²) in [5.74, 6) is -0.304. The van der Waals surface area contributed by atoms with Crippen LogP contribution in [0, 0.1) is 17.1 Å². The monoisotopic (exact) mass is 293 g/mol. The molecule has 1 heterocycles. The molecule has 0 fully saturated rings. The summed E-state index contributed by atoms with van der Waals surface area (Å²) in [5, 5.41) is 16.0. The zero-order valence-electron chi connectivity index (χ0n) is 12.3. The van der Waals surface area contributed by atoms with Crippen LogP contribution in [0.25, 0.3) is 0 Å². The molecule has 0 spiro atoms. The molecule has 0 aromatic heterocycles. The fourth-order valence-corrected chi connectivity index (χ4v) is 2.80. The lowest BCUT2D eigenvalue weighted by atomic mass is 9.99. The number of rotatable bonds is 3. The lowest BCUT2D eigenvalue weighted by Crippen LogP contribution is -2.24. The molecule has 110 valence electrons. The number of nitrogens with zero attached hydrogens (tertiary/aromatic N) is 3. The zero-order chi connectivity index (χ0) is 15.5. The Labute approximate surface area is 129 Å². The summed E-state index contributed by atoms with van der Waals surface area (Å²) in [4.78, 5) is 0. The Balaban J connectivity index is 1.96. The minimum Gasteiger partial charge on any atom is -0.267 e. The molecular formula is C18H16FN3. The Hall–Kier alpha value is -2.67. The number of benzene rings is 2. The van der Waals surface area contributed by atoms with E-state index in [2.05, 4.69) is 11.2 Å². The maximum Gasteiger partial charge on any atom is 0.159 e. The summed E-state index contributed by atoms with van der Waals surface area (Å²) in [6, 6.07) is 17.9.